The van der Waals surface area contributed by atoms with Crippen LogP contribution in [0.5, 0.6) is 0 Å². The van der Waals surface area contributed by atoms with Crippen LogP contribution in [0.3, 0.4) is 0 Å². The molecule has 1 nitrogen and oxygen atoms in total. The highest BCUT2D eigenvalue weighted by atomic mass is 35.5. The molecule has 0 spiro atoms. The van der Waals surface area contributed by atoms with Gasteiger partial charge >= 0.3 is 6.18 Å². The van der Waals surface area contributed by atoms with Gasteiger partial charge in [-0.25, -0.2) is 0 Å². The quantitative estimate of drug-likeness (QED) is 0.676. The average Bonchev–Trinajstić information content (AvgIpc) is 2.46. The van der Waals surface area contributed by atoms with Crippen molar-refractivity contribution in [2.24, 2.45) is 0 Å². The number of aromatic nitrogens is 1. The fourth-order valence-corrected chi connectivity index (χ4v) is 2.06. The van der Waals surface area contributed by atoms with Crippen molar-refractivity contribution in [2.45, 2.75) is 6.18 Å². The summed E-state index contributed by atoms with van der Waals surface area (Å²) in [5.74, 6) is 0. The Bertz CT molecular complexity index is 477. The zero-order chi connectivity index (χ0) is 10.3. The molecular weight excluding hydrogens is 235 g/mol. The van der Waals surface area contributed by atoms with Gasteiger partial charge in [-0.05, 0) is 29.7 Å². The second kappa shape index (κ2) is 3.10. The number of rotatable bonds is 0. The van der Waals surface area contributed by atoms with Crippen LogP contribution in [0.25, 0.3) is 10.1 Å². The predicted molar refractivity (Wildman–Crippen MR) is 49.6 cm³/mol. The minimum absolute atomic E-state index is 0.121. The van der Waals surface area contributed by atoms with Crippen molar-refractivity contribution in [3.05, 3.63) is 28.9 Å². The van der Waals surface area contributed by atoms with E-state index in [1.54, 1.807) is 0 Å². The molecule has 0 amide bonds. The molecule has 0 aliphatic heterocycles. The Labute approximate surface area is 86.3 Å². The van der Waals surface area contributed by atoms with Gasteiger partial charge in [0.25, 0.3) is 0 Å². The van der Waals surface area contributed by atoms with Crippen LogP contribution in [-0.2, 0) is 6.18 Å². The number of hydrogen-bond donors (Lipinski definition) is 0. The molecule has 1 aromatic heterocycles. The van der Waals surface area contributed by atoms with E-state index in [9.17, 15) is 13.2 Å². The van der Waals surface area contributed by atoms with E-state index in [4.69, 9.17) is 11.6 Å². The van der Waals surface area contributed by atoms with Gasteiger partial charge in [0.2, 0.25) is 0 Å². The highest BCUT2D eigenvalue weighted by molar-refractivity contribution is 7.13. The summed E-state index contributed by atoms with van der Waals surface area (Å²) in [6.45, 7) is 0. The Balaban J connectivity index is 2.66. The first-order valence-corrected chi connectivity index (χ1v) is 4.76. The number of fused-ring (bicyclic) bond motifs is 1. The molecule has 1 aromatic carbocycles. The van der Waals surface area contributed by atoms with Gasteiger partial charge in [0.05, 0.1) is 10.3 Å². The van der Waals surface area contributed by atoms with Crippen molar-refractivity contribution in [3.63, 3.8) is 0 Å². The van der Waals surface area contributed by atoms with Crippen molar-refractivity contribution >= 4 is 33.2 Å². The van der Waals surface area contributed by atoms with Crippen molar-refractivity contribution in [3.8, 4) is 0 Å². The van der Waals surface area contributed by atoms with Crippen molar-refractivity contribution in [1.29, 1.82) is 0 Å². The van der Waals surface area contributed by atoms with Gasteiger partial charge in [0.15, 0.2) is 5.15 Å². The van der Waals surface area contributed by atoms with Gasteiger partial charge in [0, 0.05) is 5.39 Å². The molecule has 1 heterocycles. The van der Waals surface area contributed by atoms with E-state index in [1.165, 1.54) is 6.07 Å². The molecule has 0 fully saturated rings. The molecule has 0 aliphatic rings. The number of benzene rings is 1. The summed E-state index contributed by atoms with van der Waals surface area (Å²) in [6.07, 6.45) is -4.33. The average molecular weight is 238 g/mol. The fraction of sp³-hybridized carbons (Fsp3) is 0.125. The lowest BCUT2D eigenvalue weighted by molar-refractivity contribution is -0.137. The topological polar surface area (TPSA) is 12.9 Å². The molecule has 0 N–H and O–H groups in total. The smallest absolute Gasteiger partial charge is 0.180 e. The Morgan fingerprint density at radius 2 is 2.00 bits per heavy atom. The molecular formula is C8H3ClF3NS. The van der Waals surface area contributed by atoms with E-state index >= 15 is 0 Å². The first-order valence-electron chi connectivity index (χ1n) is 3.60. The second-order valence-electron chi connectivity index (χ2n) is 2.68. The largest absolute Gasteiger partial charge is 0.416 e. The van der Waals surface area contributed by atoms with E-state index in [0.29, 0.717) is 10.1 Å². The Morgan fingerprint density at radius 3 is 2.64 bits per heavy atom. The van der Waals surface area contributed by atoms with Gasteiger partial charge in [-0.3, -0.25) is 0 Å². The molecule has 0 radical (unpaired) electrons. The third kappa shape index (κ3) is 1.57. The van der Waals surface area contributed by atoms with E-state index in [2.05, 4.69) is 4.37 Å². The number of halogens is 4. The Kier molecular flexibility index (Phi) is 2.16. The molecule has 2 rings (SSSR count). The van der Waals surface area contributed by atoms with Crippen LogP contribution in [0.2, 0.25) is 5.15 Å². The van der Waals surface area contributed by atoms with Crippen LogP contribution >= 0.6 is 23.1 Å². The fourth-order valence-electron chi connectivity index (χ4n) is 1.09. The number of alkyl halides is 3. The van der Waals surface area contributed by atoms with Gasteiger partial charge in [-0.1, -0.05) is 11.6 Å². The minimum atomic E-state index is -4.33. The van der Waals surface area contributed by atoms with Crippen molar-refractivity contribution < 1.29 is 13.2 Å². The molecule has 0 bridgehead atoms. The summed E-state index contributed by atoms with van der Waals surface area (Å²) >= 11 is 6.71. The SMILES string of the molecule is FC(F)(F)c1ccc2snc(Cl)c2c1. The van der Waals surface area contributed by atoms with Gasteiger partial charge in [-0.2, -0.15) is 17.5 Å². The van der Waals surface area contributed by atoms with Crippen LogP contribution in [-0.4, -0.2) is 4.37 Å². The Morgan fingerprint density at radius 1 is 1.29 bits per heavy atom. The normalized spacial score (nSPS) is 12.3. The van der Waals surface area contributed by atoms with Gasteiger partial charge in [-0.15, -0.1) is 0 Å². The van der Waals surface area contributed by atoms with Crippen LogP contribution in [0, 0.1) is 0 Å². The maximum atomic E-state index is 12.3. The maximum absolute atomic E-state index is 12.3. The molecule has 14 heavy (non-hydrogen) atoms. The summed E-state index contributed by atoms with van der Waals surface area (Å²) in [6, 6.07) is 3.42. The predicted octanol–water partition coefficient (Wildman–Crippen LogP) is 3.97. The molecule has 0 atom stereocenters. The van der Waals surface area contributed by atoms with E-state index in [1.807, 2.05) is 0 Å². The molecule has 0 saturated heterocycles. The molecule has 0 saturated carbocycles. The lowest BCUT2D eigenvalue weighted by atomic mass is 10.2. The van der Waals surface area contributed by atoms with E-state index in [-0.39, 0.29) is 5.15 Å². The molecule has 2 aromatic rings. The van der Waals surface area contributed by atoms with Crippen LogP contribution < -0.4 is 0 Å². The first kappa shape index (κ1) is 9.73. The third-order valence-electron chi connectivity index (χ3n) is 1.75. The number of hydrogen-bond acceptors (Lipinski definition) is 2. The summed E-state index contributed by atoms with van der Waals surface area (Å²) < 4.78 is 41.3. The van der Waals surface area contributed by atoms with Crippen LogP contribution in [0.15, 0.2) is 18.2 Å². The summed E-state index contributed by atoms with van der Waals surface area (Å²) in [5.41, 5.74) is -0.702. The lowest BCUT2D eigenvalue weighted by Gasteiger charge is -2.05. The number of nitrogens with zero attached hydrogens (tertiary/aromatic N) is 1. The zero-order valence-electron chi connectivity index (χ0n) is 6.60. The summed E-state index contributed by atoms with van der Waals surface area (Å²) in [4.78, 5) is 0. The first-order chi connectivity index (χ1) is 6.48. The molecule has 6 heteroatoms. The monoisotopic (exact) mass is 237 g/mol. The van der Waals surface area contributed by atoms with Crippen molar-refractivity contribution in [1.82, 2.24) is 4.37 Å². The van der Waals surface area contributed by atoms with Crippen LogP contribution in [0.4, 0.5) is 13.2 Å². The lowest BCUT2D eigenvalue weighted by Crippen LogP contribution is -2.03. The van der Waals surface area contributed by atoms with E-state index in [0.717, 1.165) is 23.7 Å². The summed E-state index contributed by atoms with van der Waals surface area (Å²) in [7, 11) is 0. The van der Waals surface area contributed by atoms with Gasteiger partial charge < -0.3 is 0 Å². The third-order valence-corrected chi connectivity index (χ3v) is 2.97. The molecule has 0 unspecified atom stereocenters. The summed E-state index contributed by atoms with van der Waals surface area (Å²) in [5, 5.41) is 0.475. The standard InChI is InChI=1S/C8H3ClF3NS/c9-7-5-3-4(8(10,11)12)1-2-6(5)14-13-7/h1-3H. The molecule has 74 valence electrons. The molecule has 0 aliphatic carbocycles. The van der Waals surface area contributed by atoms with Gasteiger partial charge in [0.1, 0.15) is 0 Å². The zero-order valence-corrected chi connectivity index (χ0v) is 8.17. The Hall–Kier alpha value is -0.810. The minimum Gasteiger partial charge on any atom is -0.180 e. The van der Waals surface area contributed by atoms with Crippen LogP contribution in [0.1, 0.15) is 5.56 Å². The second-order valence-corrected chi connectivity index (χ2v) is 3.85. The highest BCUT2D eigenvalue weighted by Gasteiger charge is 2.30. The maximum Gasteiger partial charge on any atom is 0.416 e. The van der Waals surface area contributed by atoms with E-state index < -0.39 is 11.7 Å². The highest BCUT2D eigenvalue weighted by Crippen LogP contribution is 2.34. The van der Waals surface area contributed by atoms with Crippen molar-refractivity contribution in [2.75, 3.05) is 0 Å².